The maximum Gasteiger partial charge on any atom is 0.416 e. The monoisotopic (exact) mass is 456 g/mol. The molecule has 29 heavy (non-hydrogen) atoms. The molecule has 0 saturated carbocycles. The highest BCUT2D eigenvalue weighted by molar-refractivity contribution is 8.26. The van der Waals surface area contributed by atoms with Crippen LogP contribution in [0.2, 0.25) is 5.02 Å². The zero-order chi connectivity index (χ0) is 21.2. The molecule has 4 nitrogen and oxygen atoms in total. The molecule has 1 N–H and O–H groups in total. The lowest BCUT2D eigenvalue weighted by Crippen LogP contribution is -2.36. The van der Waals surface area contributed by atoms with Gasteiger partial charge >= 0.3 is 6.18 Å². The molecule has 1 fully saturated rings. The minimum Gasteiger partial charge on any atom is -0.325 e. The van der Waals surface area contributed by atoms with Gasteiger partial charge in [0.15, 0.2) is 0 Å². The van der Waals surface area contributed by atoms with E-state index < -0.39 is 30.1 Å². The van der Waals surface area contributed by atoms with Gasteiger partial charge in [0.05, 0.1) is 10.5 Å². The molecule has 150 valence electrons. The van der Waals surface area contributed by atoms with Gasteiger partial charge in [-0.05, 0) is 42.0 Å². The van der Waals surface area contributed by atoms with Crippen molar-refractivity contribution in [3.63, 3.8) is 0 Å². The van der Waals surface area contributed by atoms with E-state index in [1.165, 1.54) is 12.1 Å². The number of carbonyl (C=O) groups excluding carboxylic acids is 2. The van der Waals surface area contributed by atoms with Gasteiger partial charge in [-0.15, -0.1) is 0 Å². The average molecular weight is 457 g/mol. The first kappa shape index (κ1) is 21.4. The molecule has 1 aliphatic heterocycles. The van der Waals surface area contributed by atoms with Crippen LogP contribution in [-0.4, -0.2) is 27.6 Å². The first-order valence-corrected chi connectivity index (χ1v) is 9.72. The Labute approximate surface area is 178 Å². The Balaban J connectivity index is 1.68. The molecule has 0 spiro atoms. The highest BCUT2D eigenvalue weighted by Crippen LogP contribution is 2.33. The summed E-state index contributed by atoms with van der Waals surface area (Å²) in [6.07, 6.45) is -2.90. The zero-order valence-corrected chi connectivity index (χ0v) is 16.9. The summed E-state index contributed by atoms with van der Waals surface area (Å²) in [6, 6.07) is 11.1. The third-order valence-corrected chi connectivity index (χ3v) is 5.45. The number of hydrogen-bond acceptors (Lipinski definition) is 4. The number of thiocarbonyl (C=S) groups is 1. The fraction of sp³-hybridized carbons (Fsp3) is 0.105. The molecule has 1 aliphatic rings. The summed E-state index contributed by atoms with van der Waals surface area (Å²) < 4.78 is 38.5. The largest absolute Gasteiger partial charge is 0.416 e. The summed E-state index contributed by atoms with van der Waals surface area (Å²) in [5.41, 5.74) is -0.165. The quantitative estimate of drug-likeness (QED) is 0.507. The third-order valence-electron chi connectivity index (χ3n) is 3.82. The molecule has 2 aromatic rings. The predicted molar refractivity (Wildman–Crippen MR) is 111 cm³/mol. The zero-order valence-electron chi connectivity index (χ0n) is 14.5. The van der Waals surface area contributed by atoms with E-state index in [9.17, 15) is 22.8 Å². The SMILES string of the molecule is O=C(CN1C(=O)/C(=C/c2ccc(Cl)cc2)SC1=S)Nc1cccc(C(F)(F)F)c1. The van der Waals surface area contributed by atoms with Crippen molar-refractivity contribution in [2.45, 2.75) is 6.18 Å². The molecule has 0 radical (unpaired) electrons. The topological polar surface area (TPSA) is 49.4 Å². The van der Waals surface area contributed by atoms with Crippen LogP contribution in [0.5, 0.6) is 0 Å². The van der Waals surface area contributed by atoms with Crippen LogP contribution in [0.25, 0.3) is 6.08 Å². The highest BCUT2D eigenvalue weighted by Gasteiger charge is 2.34. The van der Waals surface area contributed by atoms with Gasteiger partial charge in [0, 0.05) is 10.7 Å². The molecule has 0 bridgehead atoms. The number of hydrogen-bond donors (Lipinski definition) is 1. The van der Waals surface area contributed by atoms with E-state index in [0.717, 1.165) is 34.4 Å². The summed E-state index contributed by atoms with van der Waals surface area (Å²) in [5, 5.41) is 2.91. The first-order chi connectivity index (χ1) is 13.6. The Kier molecular flexibility index (Phi) is 6.30. The number of rotatable bonds is 4. The van der Waals surface area contributed by atoms with E-state index in [-0.39, 0.29) is 10.0 Å². The van der Waals surface area contributed by atoms with Crippen LogP contribution in [0.3, 0.4) is 0 Å². The highest BCUT2D eigenvalue weighted by atomic mass is 35.5. The lowest BCUT2D eigenvalue weighted by Gasteiger charge is -2.15. The Morgan fingerprint density at radius 3 is 2.55 bits per heavy atom. The van der Waals surface area contributed by atoms with Crippen LogP contribution < -0.4 is 5.32 Å². The number of thioether (sulfide) groups is 1. The van der Waals surface area contributed by atoms with E-state index in [1.807, 2.05) is 0 Å². The van der Waals surface area contributed by atoms with Gasteiger partial charge < -0.3 is 5.32 Å². The molecule has 1 heterocycles. The maximum atomic E-state index is 12.8. The van der Waals surface area contributed by atoms with Gasteiger partial charge in [0.1, 0.15) is 10.9 Å². The van der Waals surface area contributed by atoms with E-state index >= 15 is 0 Å². The predicted octanol–water partition coefficient (Wildman–Crippen LogP) is 5.20. The number of amides is 2. The molecule has 0 aliphatic carbocycles. The Morgan fingerprint density at radius 2 is 1.90 bits per heavy atom. The number of anilines is 1. The first-order valence-electron chi connectivity index (χ1n) is 8.11. The second kappa shape index (κ2) is 8.56. The van der Waals surface area contributed by atoms with Crippen molar-refractivity contribution in [1.29, 1.82) is 0 Å². The van der Waals surface area contributed by atoms with Crippen LogP contribution in [-0.2, 0) is 15.8 Å². The van der Waals surface area contributed by atoms with Crippen LogP contribution in [0.1, 0.15) is 11.1 Å². The van der Waals surface area contributed by atoms with Crippen LogP contribution in [0.15, 0.2) is 53.4 Å². The lowest BCUT2D eigenvalue weighted by molar-refractivity contribution is -0.137. The van der Waals surface area contributed by atoms with Crippen molar-refractivity contribution in [1.82, 2.24) is 4.90 Å². The van der Waals surface area contributed by atoms with Gasteiger partial charge in [-0.3, -0.25) is 14.5 Å². The normalized spacial score (nSPS) is 15.9. The minimum absolute atomic E-state index is 0.0213. The number of nitrogens with one attached hydrogen (secondary N) is 1. The Hall–Kier alpha value is -2.36. The smallest absolute Gasteiger partial charge is 0.325 e. The van der Waals surface area contributed by atoms with Crippen molar-refractivity contribution < 1.29 is 22.8 Å². The summed E-state index contributed by atoms with van der Waals surface area (Å²) in [6.45, 7) is -0.404. The molecular formula is C19H12ClF3N2O2S2. The number of benzene rings is 2. The van der Waals surface area contributed by atoms with Crippen molar-refractivity contribution in [3.05, 3.63) is 69.6 Å². The fourth-order valence-corrected chi connectivity index (χ4v) is 3.85. The molecule has 2 aromatic carbocycles. The van der Waals surface area contributed by atoms with Gasteiger partial charge in [0.2, 0.25) is 5.91 Å². The molecule has 3 rings (SSSR count). The standard InChI is InChI=1S/C19H12ClF3N2O2S2/c20-13-6-4-11(5-7-13)8-15-17(27)25(18(28)29-15)10-16(26)24-14-3-1-2-12(9-14)19(21,22)23/h1-9H,10H2,(H,24,26)/b15-8-. The van der Waals surface area contributed by atoms with Gasteiger partial charge in [-0.2, -0.15) is 13.2 Å². The van der Waals surface area contributed by atoms with E-state index in [2.05, 4.69) is 5.32 Å². The number of nitrogens with zero attached hydrogens (tertiary/aromatic N) is 1. The van der Waals surface area contributed by atoms with Crippen LogP contribution in [0.4, 0.5) is 18.9 Å². The number of carbonyl (C=O) groups is 2. The van der Waals surface area contributed by atoms with Crippen LogP contribution in [0, 0.1) is 0 Å². The van der Waals surface area contributed by atoms with Gasteiger partial charge in [-0.25, -0.2) is 0 Å². The molecule has 0 unspecified atom stereocenters. The molecule has 0 atom stereocenters. The van der Waals surface area contributed by atoms with Crippen LogP contribution >= 0.6 is 35.6 Å². The minimum atomic E-state index is -4.52. The summed E-state index contributed by atoms with van der Waals surface area (Å²) in [5.74, 6) is -1.11. The van der Waals surface area contributed by atoms with Crippen molar-refractivity contribution in [3.8, 4) is 0 Å². The second-order valence-electron chi connectivity index (χ2n) is 5.95. The van der Waals surface area contributed by atoms with Gasteiger partial charge in [0.25, 0.3) is 5.91 Å². The van der Waals surface area contributed by atoms with Crippen molar-refractivity contribution in [2.75, 3.05) is 11.9 Å². The Bertz CT molecular complexity index is 1010. The molecular weight excluding hydrogens is 445 g/mol. The molecule has 0 aromatic heterocycles. The fourth-order valence-electron chi connectivity index (χ4n) is 2.46. The summed E-state index contributed by atoms with van der Waals surface area (Å²) in [4.78, 5) is 26.2. The van der Waals surface area contributed by atoms with Crippen molar-refractivity contribution >= 4 is 63.5 Å². The summed E-state index contributed by atoms with van der Waals surface area (Å²) >= 11 is 12.0. The van der Waals surface area contributed by atoms with Crippen molar-refractivity contribution in [2.24, 2.45) is 0 Å². The lowest BCUT2D eigenvalue weighted by atomic mass is 10.2. The average Bonchev–Trinajstić information content (AvgIpc) is 2.90. The Morgan fingerprint density at radius 1 is 1.21 bits per heavy atom. The molecule has 2 amide bonds. The molecule has 1 saturated heterocycles. The van der Waals surface area contributed by atoms with Gasteiger partial charge in [-0.1, -0.05) is 53.8 Å². The third kappa shape index (κ3) is 5.37. The van der Waals surface area contributed by atoms with E-state index in [0.29, 0.717) is 9.93 Å². The van der Waals surface area contributed by atoms with E-state index in [4.69, 9.17) is 23.8 Å². The number of alkyl halides is 3. The maximum absolute atomic E-state index is 12.8. The second-order valence-corrected chi connectivity index (χ2v) is 8.06. The van der Waals surface area contributed by atoms with E-state index in [1.54, 1.807) is 30.3 Å². The summed E-state index contributed by atoms with van der Waals surface area (Å²) in [7, 11) is 0. The molecule has 10 heteroatoms. The number of halogens is 4.